The Bertz CT molecular complexity index is 1000. The van der Waals surface area contributed by atoms with Crippen LogP contribution >= 0.6 is 0 Å². The van der Waals surface area contributed by atoms with Gasteiger partial charge in [-0.15, -0.1) is 0 Å². The molecule has 0 fully saturated rings. The number of nitrogens with zero attached hydrogens (tertiary/aromatic N) is 5. The van der Waals surface area contributed by atoms with E-state index in [2.05, 4.69) is 24.9 Å². The van der Waals surface area contributed by atoms with Gasteiger partial charge in [-0.3, -0.25) is 15.0 Å². The van der Waals surface area contributed by atoms with E-state index in [4.69, 9.17) is 4.74 Å². The number of aryl methyl sites for hydroxylation is 1. The van der Waals surface area contributed by atoms with Gasteiger partial charge in [0, 0.05) is 48.2 Å². The second kappa shape index (κ2) is 6.00. The van der Waals surface area contributed by atoms with Gasteiger partial charge in [-0.2, -0.15) is 4.98 Å². The first kappa shape index (κ1) is 14.2. The molecule has 0 saturated carbocycles. The molecule has 0 spiro atoms. The van der Waals surface area contributed by atoms with Crippen molar-refractivity contribution in [2.24, 2.45) is 0 Å². The largest absolute Gasteiger partial charge is 0.439 e. The maximum absolute atomic E-state index is 5.89. The molecule has 0 saturated heterocycles. The maximum atomic E-state index is 5.89. The van der Waals surface area contributed by atoms with Crippen LogP contribution < -0.4 is 4.74 Å². The molecule has 0 N–H and O–H groups in total. The van der Waals surface area contributed by atoms with Gasteiger partial charge in [0.25, 0.3) is 0 Å². The third-order valence-electron chi connectivity index (χ3n) is 3.41. The molecule has 0 radical (unpaired) electrons. The minimum Gasteiger partial charge on any atom is -0.439 e. The highest BCUT2D eigenvalue weighted by Crippen LogP contribution is 2.25. The molecule has 1 aromatic carbocycles. The van der Waals surface area contributed by atoms with Crippen molar-refractivity contribution in [3.63, 3.8) is 0 Å². The Hall–Kier alpha value is -3.41. The topological polar surface area (TPSA) is 73.7 Å². The summed E-state index contributed by atoms with van der Waals surface area (Å²) < 4.78 is 5.89. The van der Waals surface area contributed by atoms with Crippen molar-refractivity contribution >= 4 is 11.0 Å². The van der Waals surface area contributed by atoms with E-state index in [9.17, 15) is 0 Å². The minimum atomic E-state index is 0.476. The number of benzene rings is 1. The van der Waals surface area contributed by atoms with Crippen LogP contribution in [0.15, 0.2) is 61.2 Å². The minimum absolute atomic E-state index is 0.476. The lowest BCUT2D eigenvalue weighted by atomic mass is 10.2. The molecule has 116 valence electrons. The van der Waals surface area contributed by atoms with Crippen LogP contribution in [-0.2, 0) is 0 Å². The summed E-state index contributed by atoms with van der Waals surface area (Å²) in [6, 6.07) is 11.1. The van der Waals surface area contributed by atoms with Crippen molar-refractivity contribution in [1.82, 2.24) is 24.9 Å². The zero-order valence-corrected chi connectivity index (χ0v) is 12.9. The number of fused-ring (bicyclic) bond motifs is 1. The van der Waals surface area contributed by atoms with Gasteiger partial charge in [0.1, 0.15) is 5.75 Å². The Morgan fingerprint density at radius 3 is 2.58 bits per heavy atom. The van der Waals surface area contributed by atoms with Crippen LogP contribution in [0.4, 0.5) is 0 Å². The third kappa shape index (κ3) is 2.89. The first-order valence-corrected chi connectivity index (χ1v) is 7.43. The normalized spacial score (nSPS) is 10.7. The van der Waals surface area contributed by atoms with Gasteiger partial charge < -0.3 is 4.74 Å². The first-order valence-electron chi connectivity index (χ1n) is 7.43. The van der Waals surface area contributed by atoms with E-state index < -0.39 is 0 Å². The van der Waals surface area contributed by atoms with Crippen LogP contribution in [0.5, 0.6) is 11.6 Å². The molecule has 0 bridgehead atoms. The van der Waals surface area contributed by atoms with Gasteiger partial charge in [0.05, 0.1) is 11.0 Å². The molecule has 4 aromatic rings. The Morgan fingerprint density at radius 2 is 1.75 bits per heavy atom. The Balaban J connectivity index is 1.69. The van der Waals surface area contributed by atoms with Crippen molar-refractivity contribution < 1.29 is 4.74 Å². The van der Waals surface area contributed by atoms with Crippen molar-refractivity contribution in [3.05, 3.63) is 66.9 Å². The standard InChI is InChI=1S/C18H13N5O/c1-12-9-17(23-18(22-12)13-3-2-6-19-11-13)24-14-4-5-15-16(10-14)21-8-7-20-15/h2-11H,1H3. The Labute approximate surface area is 138 Å². The van der Waals surface area contributed by atoms with Crippen LogP contribution in [0.3, 0.4) is 0 Å². The quantitative estimate of drug-likeness (QED) is 0.575. The van der Waals surface area contributed by atoms with E-state index >= 15 is 0 Å². The third-order valence-corrected chi connectivity index (χ3v) is 3.41. The molecule has 0 aliphatic rings. The maximum Gasteiger partial charge on any atom is 0.223 e. The molecular weight excluding hydrogens is 302 g/mol. The van der Waals surface area contributed by atoms with Gasteiger partial charge in [-0.05, 0) is 31.2 Å². The monoisotopic (exact) mass is 315 g/mol. The van der Waals surface area contributed by atoms with E-state index in [1.807, 2.05) is 37.3 Å². The molecule has 0 amide bonds. The molecule has 0 unspecified atom stereocenters. The average molecular weight is 315 g/mol. The molecule has 6 nitrogen and oxygen atoms in total. The predicted octanol–water partition coefficient (Wildman–Crippen LogP) is 3.58. The number of rotatable bonds is 3. The fraction of sp³-hybridized carbons (Fsp3) is 0.0556. The predicted molar refractivity (Wildman–Crippen MR) is 89.6 cm³/mol. The van der Waals surface area contributed by atoms with Crippen molar-refractivity contribution in [1.29, 1.82) is 0 Å². The van der Waals surface area contributed by atoms with Crippen LogP contribution in [-0.4, -0.2) is 24.9 Å². The molecule has 24 heavy (non-hydrogen) atoms. The SMILES string of the molecule is Cc1cc(Oc2ccc3nccnc3c2)nc(-c2cccnc2)n1. The lowest BCUT2D eigenvalue weighted by Crippen LogP contribution is -1.96. The second-order valence-corrected chi connectivity index (χ2v) is 5.22. The second-order valence-electron chi connectivity index (χ2n) is 5.22. The number of hydrogen-bond acceptors (Lipinski definition) is 6. The summed E-state index contributed by atoms with van der Waals surface area (Å²) in [5.74, 6) is 1.71. The Kier molecular flexibility index (Phi) is 3.55. The van der Waals surface area contributed by atoms with Crippen molar-refractivity contribution in [2.75, 3.05) is 0 Å². The summed E-state index contributed by atoms with van der Waals surface area (Å²) in [7, 11) is 0. The number of aromatic nitrogens is 5. The molecule has 0 atom stereocenters. The van der Waals surface area contributed by atoms with Crippen LogP contribution in [0, 0.1) is 6.92 Å². The molecule has 0 aliphatic carbocycles. The summed E-state index contributed by atoms with van der Waals surface area (Å²) in [5.41, 5.74) is 3.25. The fourth-order valence-corrected chi connectivity index (χ4v) is 2.34. The average Bonchev–Trinajstić information content (AvgIpc) is 2.62. The highest BCUT2D eigenvalue weighted by molar-refractivity contribution is 5.75. The molecule has 3 heterocycles. The molecule has 3 aromatic heterocycles. The van der Waals surface area contributed by atoms with Gasteiger partial charge in [0.15, 0.2) is 5.82 Å². The van der Waals surface area contributed by atoms with Gasteiger partial charge >= 0.3 is 0 Å². The van der Waals surface area contributed by atoms with Crippen LogP contribution in [0.2, 0.25) is 0 Å². The van der Waals surface area contributed by atoms with E-state index in [-0.39, 0.29) is 0 Å². The lowest BCUT2D eigenvalue weighted by Gasteiger charge is -2.08. The summed E-state index contributed by atoms with van der Waals surface area (Å²) in [6.07, 6.45) is 6.76. The zero-order valence-electron chi connectivity index (χ0n) is 12.9. The molecule has 0 aliphatic heterocycles. The van der Waals surface area contributed by atoms with Crippen LogP contribution in [0.1, 0.15) is 5.69 Å². The lowest BCUT2D eigenvalue weighted by molar-refractivity contribution is 0.462. The Morgan fingerprint density at radius 1 is 0.875 bits per heavy atom. The molecule has 4 rings (SSSR count). The van der Waals surface area contributed by atoms with Crippen molar-refractivity contribution in [2.45, 2.75) is 6.92 Å². The van der Waals surface area contributed by atoms with Gasteiger partial charge in [-0.25, -0.2) is 4.98 Å². The van der Waals surface area contributed by atoms with Gasteiger partial charge in [0.2, 0.25) is 5.88 Å². The zero-order chi connectivity index (χ0) is 16.4. The smallest absolute Gasteiger partial charge is 0.223 e. The highest BCUT2D eigenvalue weighted by Gasteiger charge is 2.08. The van der Waals surface area contributed by atoms with E-state index in [1.54, 1.807) is 30.9 Å². The number of ether oxygens (including phenoxy) is 1. The highest BCUT2D eigenvalue weighted by atomic mass is 16.5. The first-order chi connectivity index (χ1) is 11.8. The van der Waals surface area contributed by atoms with Gasteiger partial charge in [-0.1, -0.05) is 0 Å². The number of pyridine rings is 1. The summed E-state index contributed by atoms with van der Waals surface area (Å²) in [4.78, 5) is 21.5. The molecule has 6 heteroatoms. The fourth-order valence-electron chi connectivity index (χ4n) is 2.34. The molecular formula is C18H13N5O. The van der Waals surface area contributed by atoms with E-state index in [0.717, 1.165) is 22.3 Å². The summed E-state index contributed by atoms with van der Waals surface area (Å²) >= 11 is 0. The van der Waals surface area contributed by atoms with E-state index in [1.165, 1.54) is 0 Å². The number of hydrogen-bond donors (Lipinski definition) is 0. The van der Waals surface area contributed by atoms with E-state index in [0.29, 0.717) is 17.5 Å². The summed E-state index contributed by atoms with van der Waals surface area (Å²) in [5, 5.41) is 0. The summed E-state index contributed by atoms with van der Waals surface area (Å²) in [6.45, 7) is 1.90. The van der Waals surface area contributed by atoms with Crippen LogP contribution in [0.25, 0.3) is 22.4 Å². The van der Waals surface area contributed by atoms with Crippen molar-refractivity contribution in [3.8, 4) is 23.0 Å².